The van der Waals surface area contributed by atoms with Crippen molar-refractivity contribution in [1.29, 1.82) is 0 Å². The van der Waals surface area contributed by atoms with Crippen LogP contribution in [0, 0.1) is 6.92 Å². The van der Waals surface area contributed by atoms with Crippen LogP contribution < -0.4 is 0 Å². The molecule has 0 unspecified atom stereocenters. The summed E-state index contributed by atoms with van der Waals surface area (Å²) in [5.74, 6) is 0. The maximum atomic E-state index is 10.6. The van der Waals surface area contributed by atoms with Crippen LogP contribution in [0.4, 0.5) is 0 Å². The molecule has 0 bridgehead atoms. The van der Waals surface area contributed by atoms with E-state index >= 15 is 0 Å². The summed E-state index contributed by atoms with van der Waals surface area (Å²) in [6.07, 6.45) is 4.37. The molecule has 0 aromatic heterocycles. The van der Waals surface area contributed by atoms with E-state index in [1.54, 1.807) is 7.11 Å². The molecule has 0 atom stereocenters. The van der Waals surface area contributed by atoms with Crippen molar-refractivity contribution in [3.63, 3.8) is 0 Å². The first kappa shape index (κ1) is 13.9. The summed E-state index contributed by atoms with van der Waals surface area (Å²) < 4.78 is 5.34. The quantitative estimate of drug-likeness (QED) is 0.909. The normalized spacial score (nSPS) is 28.3. The van der Waals surface area contributed by atoms with Gasteiger partial charge in [0.2, 0.25) is 0 Å². The second-order valence-electron chi connectivity index (χ2n) is 5.43. The summed E-state index contributed by atoms with van der Waals surface area (Å²) in [7, 11) is 1.74. The Labute approximate surface area is 114 Å². The summed E-state index contributed by atoms with van der Waals surface area (Å²) >= 11 is 6.23. The van der Waals surface area contributed by atoms with Gasteiger partial charge < -0.3 is 9.84 Å². The lowest BCUT2D eigenvalue weighted by Crippen LogP contribution is -2.38. The molecule has 0 amide bonds. The number of benzene rings is 1. The Kier molecular flexibility index (Phi) is 4.31. The van der Waals surface area contributed by atoms with Gasteiger partial charge in [0.1, 0.15) is 0 Å². The molecule has 1 aromatic rings. The smallest absolute Gasteiger partial charge is 0.0690 e. The van der Waals surface area contributed by atoms with Gasteiger partial charge in [-0.25, -0.2) is 0 Å². The largest absolute Gasteiger partial charge is 0.390 e. The Balaban J connectivity index is 2.04. The molecule has 1 aliphatic rings. The lowest BCUT2D eigenvalue weighted by molar-refractivity contribution is -0.0427. The van der Waals surface area contributed by atoms with Gasteiger partial charge in [-0.15, -0.1) is 0 Å². The van der Waals surface area contributed by atoms with Gasteiger partial charge in [0, 0.05) is 18.6 Å². The molecular weight excluding hydrogens is 248 g/mol. The molecule has 0 heterocycles. The molecule has 0 radical (unpaired) electrons. The summed E-state index contributed by atoms with van der Waals surface area (Å²) in [5.41, 5.74) is 1.58. The van der Waals surface area contributed by atoms with Crippen LogP contribution >= 0.6 is 11.6 Å². The van der Waals surface area contributed by atoms with Crippen molar-refractivity contribution < 1.29 is 9.84 Å². The highest BCUT2D eigenvalue weighted by Gasteiger charge is 2.33. The molecule has 1 N–H and O–H groups in total. The van der Waals surface area contributed by atoms with Crippen LogP contribution in [0.1, 0.15) is 36.8 Å². The Bertz CT molecular complexity index is 409. The van der Waals surface area contributed by atoms with Crippen molar-refractivity contribution >= 4 is 11.6 Å². The van der Waals surface area contributed by atoms with E-state index in [4.69, 9.17) is 16.3 Å². The van der Waals surface area contributed by atoms with Crippen LogP contribution in [-0.4, -0.2) is 23.9 Å². The molecule has 100 valence electrons. The van der Waals surface area contributed by atoms with E-state index in [-0.39, 0.29) is 0 Å². The standard InChI is InChI=1S/C15H21ClO2/c1-11-3-4-12(14(16)9-11)10-15(17)7-5-13(18-2)6-8-15/h3-4,9,13,17H,5-8,10H2,1-2H3. The Morgan fingerprint density at radius 3 is 2.61 bits per heavy atom. The highest BCUT2D eigenvalue weighted by Crippen LogP contribution is 2.34. The van der Waals surface area contributed by atoms with E-state index in [0.29, 0.717) is 12.5 Å². The molecule has 1 aromatic carbocycles. The predicted octanol–water partition coefficient (Wildman–Crippen LogP) is 3.51. The minimum atomic E-state index is -0.617. The van der Waals surface area contributed by atoms with Gasteiger partial charge >= 0.3 is 0 Å². The lowest BCUT2D eigenvalue weighted by atomic mass is 9.79. The number of aryl methyl sites for hydroxylation is 1. The van der Waals surface area contributed by atoms with Crippen LogP contribution in [-0.2, 0) is 11.2 Å². The van der Waals surface area contributed by atoms with E-state index in [1.165, 1.54) is 0 Å². The van der Waals surface area contributed by atoms with Crippen LogP contribution in [0.3, 0.4) is 0 Å². The highest BCUT2D eigenvalue weighted by atomic mass is 35.5. The van der Waals surface area contributed by atoms with Gasteiger partial charge in [0.05, 0.1) is 11.7 Å². The Morgan fingerprint density at radius 1 is 1.39 bits per heavy atom. The van der Waals surface area contributed by atoms with Gasteiger partial charge in [-0.3, -0.25) is 0 Å². The average molecular weight is 269 g/mol. The third-order valence-electron chi connectivity index (χ3n) is 3.92. The summed E-state index contributed by atoms with van der Waals surface area (Å²) in [6, 6.07) is 6.03. The fraction of sp³-hybridized carbons (Fsp3) is 0.600. The van der Waals surface area contributed by atoms with Gasteiger partial charge in [-0.2, -0.15) is 0 Å². The van der Waals surface area contributed by atoms with Crippen LogP contribution in [0.2, 0.25) is 5.02 Å². The zero-order valence-electron chi connectivity index (χ0n) is 11.1. The lowest BCUT2D eigenvalue weighted by Gasteiger charge is -2.35. The molecule has 2 rings (SSSR count). The van der Waals surface area contributed by atoms with Crippen LogP contribution in [0.15, 0.2) is 18.2 Å². The number of aliphatic hydroxyl groups is 1. The van der Waals surface area contributed by atoms with Crippen molar-refractivity contribution in [1.82, 2.24) is 0 Å². The second kappa shape index (κ2) is 5.60. The van der Waals surface area contributed by atoms with Crippen LogP contribution in [0.5, 0.6) is 0 Å². The second-order valence-corrected chi connectivity index (χ2v) is 5.84. The van der Waals surface area contributed by atoms with Crippen molar-refractivity contribution in [2.45, 2.75) is 50.7 Å². The SMILES string of the molecule is COC1CCC(O)(Cc2ccc(C)cc2Cl)CC1. The Morgan fingerprint density at radius 2 is 2.06 bits per heavy atom. The predicted molar refractivity (Wildman–Crippen MR) is 74.1 cm³/mol. The summed E-state index contributed by atoms with van der Waals surface area (Å²) in [4.78, 5) is 0. The summed E-state index contributed by atoms with van der Waals surface area (Å²) in [6.45, 7) is 2.02. The van der Waals surface area contributed by atoms with E-state index in [9.17, 15) is 5.11 Å². The molecule has 0 saturated heterocycles. The number of halogens is 1. The van der Waals surface area contributed by atoms with E-state index in [0.717, 1.165) is 41.8 Å². The van der Waals surface area contributed by atoms with E-state index < -0.39 is 5.60 Å². The van der Waals surface area contributed by atoms with E-state index in [2.05, 4.69) is 0 Å². The molecule has 0 spiro atoms. The molecular formula is C15H21ClO2. The van der Waals surface area contributed by atoms with Crippen LogP contribution in [0.25, 0.3) is 0 Å². The molecule has 2 nitrogen and oxygen atoms in total. The average Bonchev–Trinajstić information content (AvgIpc) is 2.34. The molecule has 18 heavy (non-hydrogen) atoms. The molecule has 1 fully saturated rings. The van der Waals surface area contributed by atoms with Gasteiger partial charge in [-0.1, -0.05) is 23.7 Å². The first-order valence-electron chi connectivity index (χ1n) is 6.53. The molecule has 0 aliphatic heterocycles. The van der Waals surface area contributed by atoms with Crippen molar-refractivity contribution in [3.05, 3.63) is 34.3 Å². The molecule has 1 aliphatic carbocycles. The first-order chi connectivity index (χ1) is 8.52. The topological polar surface area (TPSA) is 29.5 Å². The first-order valence-corrected chi connectivity index (χ1v) is 6.90. The van der Waals surface area contributed by atoms with Gasteiger partial charge in [0.25, 0.3) is 0 Å². The molecule has 1 saturated carbocycles. The highest BCUT2D eigenvalue weighted by molar-refractivity contribution is 6.31. The molecule has 3 heteroatoms. The zero-order valence-corrected chi connectivity index (χ0v) is 11.8. The maximum Gasteiger partial charge on any atom is 0.0690 e. The van der Waals surface area contributed by atoms with Gasteiger partial charge in [0.15, 0.2) is 0 Å². The number of methoxy groups -OCH3 is 1. The number of rotatable bonds is 3. The van der Waals surface area contributed by atoms with Crippen molar-refractivity contribution in [2.75, 3.05) is 7.11 Å². The minimum Gasteiger partial charge on any atom is -0.390 e. The number of hydrogen-bond acceptors (Lipinski definition) is 2. The van der Waals surface area contributed by atoms with Gasteiger partial charge in [-0.05, 0) is 49.8 Å². The zero-order chi connectivity index (χ0) is 13.2. The Hall–Kier alpha value is -0.570. The maximum absolute atomic E-state index is 10.6. The summed E-state index contributed by atoms with van der Waals surface area (Å²) in [5, 5.41) is 11.4. The van der Waals surface area contributed by atoms with Crippen molar-refractivity contribution in [3.8, 4) is 0 Å². The minimum absolute atomic E-state index is 0.304. The monoisotopic (exact) mass is 268 g/mol. The third-order valence-corrected chi connectivity index (χ3v) is 4.28. The fourth-order valence-electron chi connectivity index (χ4n) is 2.69. The van der Waals surface area contributed by atoms with Crippen molar-refractivity contribution in [2.24, 2.45) is 0 Å². The number of ether oxygens (including phenoxy) is 1. The fourth-order valence-corrected chi connectivity index (χ4v) is 2.99. The van der Waals surface area contributed by atoms with E-state index in [1.807, 2.05) is 25.1 Å². The number of hydrogen-bond donors (Lipinski definition) is 1. The third kappa shape index (κ3) is 3.25.